The fourth-order valence-corrected chi connectivity index (χ4v) is 1.76. The zero-order valence-corrected chi connectivity index (χ0v) is 9.66. The molecule has 1 atom stereocenters. The number of hydrogen-bond donors (Lipinski definition) is 1. The van der Waals surface area contributed by atoms with Gasteiger partial charge in [-0.25, -0.2) is 4.39 Å². The Kier molecular flexibility index (Phi) is 3.53. The number of aromatic nitrogens is 1. The Hall–Kier alpha value is -1.95. The molecule has 0 aliphatic rings. The maximum Gasteiger partial charge on any atom is 0.416 e. The minimum Gasteiger partial charge on any atom is -0.319 e. The van der Waals surface area contributed by atoms with E-state index in [1.165, 1.54) is 24.3 Å². The van der Waals surface area contributed by atoms with E-state index in [2.05, 4.69) is 4.98 Å². The van der Waals surface area contributed by atoms with Gasteiger partial charge in [0.2, 0.25) is 0 Å². The lowest BCUT2D eigenvalue weighted by Gasteiger charge is -2.17. The van der Waals surface area contributed by atoms with Crippen molar-refractivity contribution in [3.05, 3.63) is 65.2 Å². The van der Waals surface area contributed by atoms with E-state index >= 15 is 0 Å². The fraction of sp³-hybridized carbons (Fsp3) is 0.154. The molecule has 1 aromatic heterocycles. The van der Waals surface area contributed by atoms with Gasteiger partial charge >= 0.3 is 6.18 Å². The van der Waals surface area contributed by atoms with Crippen LogP contribution in [0, 0.1) is 5.82 Å². The average Bonchev–Trinajstić information content (AvgIpc) is 2.38. The van der Waals surface area contributed by atoms with E-state index in [-0.39, 0.29) is 11.3 Å². The second-order valence-corrected chi connectivity index (χ2v) is 3.96. The number of nitrogens with two attached hydrogens (primary N) is 1. The number of pyridine rings is 1. The summed E-state index contributed by atoms with van der Waals surface area (Å²) < 4.78 is 51.3. The smallest absolute Gasteiger partial charge is 0.319 e. The summed E-state index contributed by atoms with van der Waals surface area (Å²) in [7, 11) is 0. The molecule has 0 aliphatic carbocycles. The number of nitrogens with zero attached hydrogens (tertiary/aromatic N) is 1. The van der Waals surface area contributed by atoms with Crippen LogP contribution in [0.15, 0.2) is 42.6 Å². The minimum atomic E-state index is -4.49. The number of benzene rings is 1. The lowest BCUT2D eigenvalue weighted by atomic mass is 9.98. The molecule has 2 rings (SSSR count). The minimum absolute atomic E-state index is 0.0888. The van der Waals surface area contributed by atoms with Crippen molar-refractivity contribution in [2.45, 2.75) is 12.2 Å². The van der Waals surface area contributed by atoms with Crippen LogP contribution in [0.2, 0.25) is 0 Å². The first kappa shape index (κ1) is 13.5. The van der Waals surface area contributed by atoms with Crippen LogP contribution in [-0.4, -0.2) is 4.98 Å². The molecular formula is C13H10F4N2. The van der Waals surface area contributed by atoms with Crippen molar-refractivity contribution in [2.75, 3.05) is 0 Å². The molecule has 0 fully saturated rings. The van der Waals surface area contributed by atoms with E-state index in [1.54, 1.807) is 0 Å². The molecule has 0 spiro atoms. The van der Waals surface area contributed by atoms with Crippen LogP contribution in [0.5, 0.6) is 0 Å². The Bertz CT molecular complexity index is 564. The van der Waals surface area contributed by atoms with Crippen LogP contribution in [0.25, 0.3) is 0 Å². The molecule has 100 valence electrons. The summed E-state index contributed by atoms with van der Waals surface area (Å²) in [6.45, 7) is 0. The van der Waals surface area contributed by atoms with E-state index in [4.69, 9.17) is 5.73 Å². The normalized spacial score (nSPS) is 13.3. The average molecular weight is 270 g/mol. The van der Waals surface area contributed by atoms with Gasteiger partial charge in [-0.05, 0) is 23.8 Å². The maximum atomic E-state index is 12.9. The summed E-state index contributed by atoms with van der Waals surface area (Å²) in [5, 5.41) is 0. The number of halogens is 4. The third-order valence-corrected chi connectivity index (χ3v) is 2.67. The van der Waals surface area contributed by atoms with Gasteiger partial charge in [0.1, 0.15) is 5.82 Å². The molecule has 1 unspecified atom stereocenters. The number of alkyl halides is 3. The predicted molar refractivity (Wildman–Crippen MR) is 61.7 cm³/mol. The Morgan fingerprint density at radius 2 is 1.74 bits per heavy atom. The molecule has 0 aliphatic heterocycles. The Morgan fingerprint density at radius 1 is 1.05 bits per heavy atom. The predicted octanol–water partition coefficient (Wildman–Crippen LogP) is 3.29. The van der Waals surface area contributed by atoms with Gasteiger partial charge in [-0.2, -0.15) is 13.2 Å². The Balaban J connectivity index is 2.44. The van der Waals surface area contributed by atoms with Crippen LogP contribution in [0.4, 0.5) is 17.6 Å². The van der Waals surface area contributed by atoms with Crippen molar-refractivity contribution in [1.29, 1.82) is 0 Å². The third-order valence-electron chi connectivity index (χ3n) is 2.67. The van der Waals surface area contributed by atoms with Crippen LogP contribution in [-0.2, 0) is 6.18 Å². The highest BCUT2D eigenvalue weighted by Crippen LogP contribution is 2.35. The summed E-state index contributed by atoms with van der Waals surface area (Å²) in [5.74, 6) is -0.569. The zero-order valence-electron chi connectivity index (χ0n) is 9.66. The quantitative estimate of drug-likeness (QED) is 0.850. The van der Waals surface area contributed by atoms with Crippen molar-refractivity contribution in [3.8, 4) is 0 Å². The molecule has 0 bridgehead atoms. The molecule has 19 heavy (non-hydrogen) atoms. The van der Waals surface area contributed by atoms with Crippen LogP contribution < -0.4 is 5.73 Å². The number of rotatable bonds is 2. The second-order valence-electron chi connectivity index (χ2n) is 3.96. The van der Waals surface area contributed by atoms with Gasteiger partial charge in [0, 0.05) is 0 Å². The topological polar surface area (TPSA) is 38.9 Å². The first-order chi connectivity index (χ1) is 8.89. The zero-order chi connectivity index (χ0) is 14.0. The molecule has 2 N–H and O–H groups in total. The van der Waals surface area contributed by atoms with E-state index in [0.717, 1.165) is 18.3 Å². The summed E-state index contributed by atoms with van der Waals surface area (Å²) in [4.78, 5) is 3.71. The summed E-state index contributed by atoms with van der Waals surface area (Å²) >= 11 is 0. The Morgan fingerprint density at radius 3 is 2.32 bits per heavy atom. The van der Waals surface area contributed by atoms with Crippen LogP contribution >= 0.6 is 0 Å². The van der Waals surface area contributed by atoms with Crippen molar-refractivity contribution in [3.63, 3.8) is 0 Å². The SMILES string of the molecule is NC(c1ccc(F)cn1)c1ccccc1C(F)(F)F. The first-order valence-electron chi connectivity index (χ1n) is 5.43. The Labute approximate surface area is 106 Å². The largest absolute Gasteiger partial charge is 0.416 e. The van der Waals surface area contributed by atoms with Gasteiger partial charge in [0.25, 0.3) is 0 Å². The summed E-state index contributed by atoms with van der Waals surface area (Å²) in [6, 6.07) is 6.33. The van der Waals surface area contributed by atoms with Crippen molar-refractivity contribution in [1.82, 2.24) is 4.98 Å². The van der Waals surface area contributed by atoms with Gasteiger partial charge in [0.05, 0.1) is 23.5 Å². The molecule has 1 aromatic carbocycles. The molecule has 6 heteroatoms. The van der Waals surface area contributed by atoms with Crippen molar-refractivity contribution in [2.24, 2.45) is 5.73 Å². The fourth-order valence-electron chi connectivity index (χ4n) is 1.76. The van der Waals surface area contributed by atoms with Gasteiger partial charge in [-0.3, -0.25) is 4.98 Å². The first-order valence-corrected chi connectivity index (χ1v) is 5.43. The lowest BCUT2D eigenvalue weighted by Crippen LogP contribution is -2.19. The molecule has 1 heterocycles. The number of hydrogen-bond acceptors (Lipinski definition) is 2. The molecule has 0 saturated heterocycles. The highest BCUT2D eigenvalue weighted by molar-refractivity contribution is 5.36. The highest BCUT2D eigenvalue weighted by atomic mass is 19.4. The lowest BCUT2D eigenvalue weighted by molar-refractivity contribution is -0.138. The summed E-state index contributed by atoms with van der Waals surface area (Å²) in [6.07, 6.45) is -3.57. The molecule has 0 amide bonds. The molecular weight excluding hydrogens is 260 g/mol. The standard InChI is InChI=1S/C13H10F4N2/c14-8-5-6-11(19-7-8)12(18)9-3-1-2-4-10(9)13(15,16)17/h1-7,12H,18H2. The molecule has 0 saturated carbocycles. The molecule has 2 aromatic rings. The maximum absolute atomic E-state index is 12.9. The van der Waals surface area contributed by atoms with Gasteiger partial charge in [-0.15, -0.1) is 0 Å². The molecule has 0 radical (unpaired) electrons. The van der Waals surface area contributed by atoms with Crippen LogP contribution in [0.1, 0.15) is 22.9 Å². The van der Waals surface area contributed by atoms with Gasteiger partial charge in [-0.1, -0.05) is 18.2 Å². The van der Waals surface area contributed by atoms with Crippen molar-refractivity contribution >= 4 is 0 Å². The summed E-state index contributed by atoms with van der Waals surface area (Å²) in [5.41, 5.74) is 5.06. The van der Waals surface area contributed by atoms with Gasteiger partial charge < -0.3 is 5.73 Å². The van der Waals surface area contributed by atoms with E-state index in [1.807, 2.05) is 0 Å². The second kappa shape index (κ2) is 4.97. The van der Waals surface area contributed by atoms with E-state index in [0.29, 0.717) is 0 Å². The third kappa shape index (κ3) is 2.90. The van der Waals surface area contributed by atoms with Crippen molar-refractivity contribution < 1.29 is 17.6 Å². The van der Waals surface area contributed by atoms with Gasteiger partial charge in [0.15, 0.2) is 0 Å². The van der Waals surface area contributed by atoms with Crippen LogP contribution in [0.3, 0.4) is 0 Å². The molecule has 2 nitrogen and oxygen atoms in total. The highest BCUT2D eigenvalue weighted by Gasteiger charge is 2.34. The van der Waals surface area contributed by atoms with E-state index < -0.39 is 23.6 Å². The monoisotopic (exact) mass is 270 g/mol. The van der Waals surface area contributed by atoms with E-state index in [9.17, 15) is 17.6 Å².